The van der Waals surface area contributed by atoms with Crippen LogP contribution in [0.5, 0.6) is 0 Å². The van der Waals surface area contributed by atoms with Gasteiger partial charge in [0.2, 0.25) is 0 Å². The van der Waals surface area contributed by atoms with E-state index in [-0.39, 0.29) is 0 Å². The van der Waals surface area contributed by atoms with Gasteiger partial charge in [0.15, 0.2) is 0 Å². The van der Waals surface area contributed by atoms with Crippen LogP contribution in [0.15, 0.2) is 0 Å². The van der Waals surface area contributed by atoms with E-state index in [9.17, 15) is 5.11 Å². The Balaban J connectivity index is 1.45. The summed E-state index contributed by atoms with van der Waals surface area (Å²) in [5.74, 6) is 7.80. The first kappa shape index (κ1) is 14.3. The average molecular weight is 303 g/mol. The number of aliphatic hydroxyl groups is 1. The maximum absolute atomic E-state index is 10.4. The van der Waals surface area contributed by atoms with Crippen LogP contribution in [0.1, 0.15) is 66.7 Å². The van der Waals surface area contributed by atoms with Gasteiger partial charge in [-0.2, -0.15) is 0 Å². The molecule has 5 rings (SSSR count). The van der Waals surface area contributed by atoms with Crippen molar-refractivity contribution in [3.05, 3.63) is 0 Å². The number of rotatable bonds is 2. The van der Waals surface area contributed by atoms with E-state index in [0.29, 0.717) is 16.7 Å². The van der Waals surface area contributed by atoms with Crippen molar-refractivity contribution in [2.45, 2.75) is 72.3 Å². The smallest absolute Gasteiger partial charge is 0.0619 e. The largest absolute Gasteiger partial charge is 0.390 e. The second-order valence-electron chi connectivity index (χ2n) is 11.3. The van der Waals surface area contributed by atoms with E-state index in [1.54, 1.807) is 6.42 Å². The van der Waals surface area contributed by atoms with E-state index in [2.05, 4.69) is 20.8 Å². The first-order valence-corrected chi connectivity index (χ1v) is 9.87. The standard InChI is InChI=1S/C21H34O/c1-19(2)9-13-14-10-21(5)17(15(14)16(13)18(19)21)11-6-7-12(8-11)20(3,4)22/h11-18,22H,6-10H2,1-5H3. The van der Waals surface area contributed by atoms with Gasteiger partial charge in [0, 0.05) is 0 Å². The fraction of sp³-hybridized carbons (Fsp3) is 1.00. The highest BCUT2D eigenvalue weighted by Gasteiger charge is 2.80. The van der Waals surface area contributed by atoms with Gasteiger partial charge >= 0.3 is 0 Å². The molecule has 5 fully saturated rings. The third kappa shape index (κ3) is 1.42. The van der Waals surface area contributed by atoms with E-state index in [1.165, 1.54) is 25.7 Å². The van der Waals surface area contributed by atoms with Crippen LogP contribution in [-0.2, 0) is 0 Å². The third-order valence-electron chi connectivity index (χ3n) is 9.51. The van der Waals surface area contributed by atoms with Crippen molar-refractivity contribution in [3.8, 4) is 0 Å². The first-order valence-electron chi connectivity index (χ1n) is 9.87. The fourth-order valence-corrected chi connectivity index (χ4v) is 9.39. The summed E-state index contributed by atoms with van der Waals surface area (Å²) in [7, 11) is 0. The summed E-state index contributed by atoms with van der Waals surface area (Å²) >= 11 is 0. The van der Waals surface area contributed by atoms with Crippen LogP contribution in [0.25, 0.3) is 0 Å². The Hall–Kier alpha value is -0.0400. The zero-order valence-corrected chi connectivity index (χ0v) is 15.1. The van der Waals surface area contributed by atoms with Crippen molar-refractivity contribution >= 4 is 0 Å². The van der Waals surface area contributed by atoms with Crippen molar-refractivity contribution in [1.82, 2.24) is 0 Å². The summed E-state index contributed by atoms with van der Waals surface area (Å²) in [4.78, 5) is 0. The minimum atomic E-state index is -0.464. The van der Waals surface area contributed by atoms with Crippen molar-refractivity contribution < 1.29 is 5.11 Å². The van der Waals surface area contributed by atoms with Crippen LogP contribution in [0.3, 0.4) is 0 Å². The number of hydrogen-bond donors (Lipinski definition) is 1. The molecule has 0 aromatic heterocycles. The molecule has 0 spiro atoms. The molecule has 0 aliphatic heterocycles. The maximum Gasteiger partial charge on any atom is 0.0619 e. The SMILES string of the molecule is CC(C)(O)C1CCC(C2C3C4CC2(C)C2C3C4CC2(C)C)C1. The predicted octanol–water partition coefficient (Wildman–Crippen LogP) is 4.74. The first-order chi connectivity index (χ1) is 10.1. The second-order valence-corrected chi connectivity index (χ2v) is 11.3. The Morgan fingerprint density at radius 3 is 2.23 bits per heavy atom. The van der Waals surface area contributed by atoms with Crippen LogP contribution in [0, 0.1) is 58.2 Å². The Morgan fingerprint density at radius 2 is 1.64 bits per heavy atom. The lowest BCUT2D eigenvalue weighted by Gasteiger charge is -2.51. The lowest BCUT2D eigenvalue weighted by atomic mass is 9.53. The minimum Gasteiger partial charge on any atom is -0.390 e. The molecule has 5 aliphatic carbocycles. The molecule has 9 atom stereocenters. The fourth-order valence-electron chi connectivity index (χ4n) is 9.39. The van der Waals surface area contributed by atoms with Crippen LogP contribution >= 0.6 is 0 Å². The van der Waals surface area contributed by atoms with Crippen LogP contribution in [0.2, 0.25) is 0 Å². The molecule has 1 heteroatoms. The van der Waals surface area contributed by atoms with Gasteiger partial charge in [-0.3, -0.25) is 0 Å². The van der Waals surface area contributed by atoms with Gasteiger partial charge in [0.25, 0.3) is 0 Å². The molecule has 124 valence electrons. The lowest BCUT2D eigenvalue weighted by Crippen LogP contribution is -2.47. The average Bonchev–Trinajstić information content (AvgIpc) is 3.03. The molecule has 5 saturated carbocycles. The second kappa shape index (κ2) is 3.79. The van der Waals surface area contributed by atoms with Crippen molar-refractivity contribution in [2.75, 3.05) is 0 Å². The van der Waals surface area contributed by atoms with E-state index in [1.807, 2.05) is 13.8 Å². The van der Waals surface area contributed by atoms with Gasteiger partial charge in [-0.15, -0.1) is 0 Å². The zero-order chi connectivity index (χ0) is 15.7. The van der Waals surface area contributed by atoms with Gasteiger partial charge in [-0.05, 0) is 104 Å². The Kier molecular flexibility index (Phi) is 2.46. The zero-order valence-electron chi connectivity index (χ0n) is 15.1. The summed E-state index contributed by atoms with van der Waals surface area (Å²) in [6.45, 7) is 11.9. The highest BCUT2D eigenvalue weighted by molar-refractivity contribution is 5.28. The predicted molar refractivity (Wildman–Crippen MR) is 89.2 cm³/mol. The van der Waals surface area contributed by atoms with Gasteiger partial charge in [-0.25, -0.2) is 0 Å². The summed E-state index contributed by atoms with van der Waals surface area (Å²) < 4.78 is 0. The highest BCUT2D eigenvalue weighted by Crippen LogP contribution is 2.86. The topological polar surface area (TPSA) is 20.2 Å². The van der Waals surface area contributed by atoms with Crippen molar-refractivity contribution in [1.29, 1.82) is 0 Å². The molecule has 1 N–H and O–H groups in total. The molecule has 0 heterocycles. The molecule has 22 heavy (non-hydrogen) atoms. The van der Waals surface area contributed by atoms with Gasteiger partial charge in [-0.1, -0.05) is 20.8 Å². The van der Waals surface area contributed by atoms with E-state index < -0.39 is 5.60 Å². The minimum absolute atomic E-state index is 0.464. The summed E-state index contributed by atoms with van der Waals surface area (Å²) in [5.41, 5.74) is 0.765. The van der Waals surface area contributed by atoms with Gasteiger partial charge in [0.05, 0.1) is 5.60 Å². The molecule has 0 radical (unpaired) electrons. The molecule has 5 aliphatic rings. The Bertz CT molecular complexity index is 514. The van der Waals surface area contributed by atoms with Gasteiger partial charge < -0.3 is 5.11 Å². The van der Waals surface area contributed by atoms with Crippen LogP contribution in [-0.4, -0.2) is 10.7 Å². The van der Waals surface area contributed by atoms with Crippen molar-refractivity contribution in [2.24, 2.45) is 58.2 Å². The normalized spacial score (nSPS) is 60.8. The monoisotopic (exact) mass is 302 g/mol. The molecule has 0 aromatic rings. The van der Waals surface area contributed by atoms with E-state index in [0.717, 1.165) is 41.4 Å². The molecule has 9 unspecified atom stereocenters. The molecule has 0 saturated heterocycles. The third-order valence-corrected chi connectivity index (χ3v) is 9.51. The Morgan fingerprint density at radius 1 is 0.955 bits per heavy atom. The lowest BCUT2D eigenvalue weighted by molar-refractivity contribution is -0.0412. The molecule has 1 nitrogen and oxygen atoms in total. The van der Waals surface area contributed by atoms with Gasteiger partial charge in [0.1, 0.15) is 0 Å². The summed E-state index contributed by atoms with van der Waals surface area (Å²) in [5, 5.41) is 10.4. The molecule has 2 bridgehead atoms. The maximum atomic E-state index is 10.4. The summed E-state index contributed by atoms with van der Waals surface area (Å²) in [6.07, 6.45) is 7.02. The molecule has 0 aromatic carbocycles. The molecule has 0 amide bonds. The van der Waals surface area contributed by atoms with Crippen LogP contribution in [0.4, 0.5) is 0 Å². The van der Waals surface area contributed by atoms with Crippen LogP contribution < -0.4 is 0 Å². The summed E-state index contributed by atoms with van der Waals surface area (Å²) in [6, 6.07) is 0. The Labute approximate surface area is 136 Å². The number of hydrogen-bond acceptors (Lipinski definition) is 1. The number of fused-ring (bicyclic) bond motifs is 3. The molecular weight excluding hydrogens is 268 g/mol. The highest BCUT2D eigenvalue weighted by atomic mass is 16.3. The van der Waals surface area contributed by atoms with E-state index in [4.69, 9.17) is 0 Å². The quantitative estimate of drug-likeness (QED) is 0.781. The van der Waals surface area contributed by atoms with E-state index >= 15 is 0 Å². The molecular formula is C21H34O. The van der Waals surface area contributed by atoms with Crippen molar-refractivity contribution in [3.63, 3.8) is 0 Å².